The van der Waals surface area contributed by atoms with Gasteiger partial charge >= 0.3 is 0 Å². The molecule has 5 aromatic carbocycles. The zero-order chi connectivity index (χ0) is 39.6. The molecule has 0 radical (unpaired) electrons. The minimum Gasteiger partial charge on any atom is -0.308 e. The minimum atomic E-state index is -0.431. The van der Waals surface area contributed by atoms with E-state index in [9.17, 15) is 0 Å². The van der Waals surface area contributed by atoms with Crippen molar-refractivity contribution in [2.75, 3.05) is 4.90 Å². The Kier molecular flexibility index (Phi) is 7.54. The third-order valence-electron chi connectivity index (χ3n) is 13.8. The Morgan fingerprint density at radius 1 is 0.638 bits per heavy atom. The third-order valence-corrected chi connectivity index (χ3v) is 15.0. The average Bonchev–Trinajstić information content (AvgIpc) is 3.58. The number of benzene rings is 5. The van der Waals surface area contributed by atoms with E-state index >= 15 is 0 Å². The van der Waals surface area contributed by atoms with E-state index in [0.717, 1.165) is 34.9 Å². The van der Waals surface area contributed by atoms with Crippen LogP contribution in [0.1, 0.15) is 81.9 Å². The summed E-state index contributed by atoms with van der Waals surface area (Å²) in [6, 6.07) is 43.9. The van der Waals surface area contributed by atoms with Crippen molar-refractivity contribution in [3.05, 3.63) is 191 Å². The summed E-state index contributed by atoms with van der Waals surface area (Å²) in [4.78, 5) is 21.0. The maximum Gasteiger partial charge on any atom is 0.163 e. The van der Waals surface area contributed by atoms with E-state index in [1.807, 2.05) is 11.8 Å². The number of nitrogens with zero attached hydrogens (tertiary/aromatic N) is 4. The van der Waals surface area contributed by atoms with Crippen LogP contribution in [-0.4, -0.2) is 15.0 Å². The van der Waals surface area contributed by atoms with Crippen LogP contribution in [0.3, 0.4) is 0 Å². The number of rotatable bonds is 4. The lowest BCUT2D eigenvalue weighted by Gasteiger charge is -2.37. The SMILES string of the molecule is CC1(c2nc(C3=CC4C(C)(C)c5ccccc5C4(C)C=C3)nc(-c3ccc(N4c5ccccc5Sc5ccccc54)cc3)n2)C=C2C(=CC1)c1ccccc1C2(C)C. The van der Waals surface area contributed by atoms with Crippen LogP contribution >= 0.6 is 11.8 Å². The van der Waals surface area contributed by atoms with Crippen molar-refractivity contribution in [2.45, 2.75) is 79.4 Å². The van der Waals surface area contributed by atoms with Gasteiger partial charge in [0.05, 0.1) is 11.4 Å². The second kappa shape index (κ2) is 12.4. The molecule has 0 spiro atoms. The second-order valence-corrected chi connectivity index (χ2v) is 19.3. The Morgan fingerprint density at radius 3 is 1.98 bits per heavy atom. The molecule has 58 heavy (non-hydrogen) atoms. The highest BCUT2D eigenvalue weighted by molar-refractivity contribution is 7.99. The predicted octanol–water partition coefficient (Wildman–Crippen LogP) is 13.3. The lowest BCUT2D eigenvalue weighted by molar-refractivity contribution is 0.325. The highest BCUT2D eigenvalue weighted by Crippen LogP contribution is 2.58. The Labute approximate surface area is 346 Å². The van der Waals surface area contributed by atoms with E-state index < -0.39 is 5.41 Å². The van der Waals surface area contributed by atoms with Crippen LogP contribution in [0.4, 0.5) is 17.1 Å². The van der Waals surface area contributed by atoms with Crippen molar-refractivity contribution in [3.63, 3.8) is 0 Å². The Morgan fingerprint density at radius 2 is 1.26 bits per heavy atom. The quantitative estimate of drug-likeness (QED) is 0.178. The number of hydrogen-bond donors (Lipinski definition) is 0. The molecule has 0 saturated carbocycles. The summed E-state index contributed by atoms with van der Waals surface area (Å²) in [7, 11) is 0. The van der Waals surface area contributed by atoms with Crippen LogP contribution in [0.5, 0.6) is 0 Å². The standard InChI is InChI=1S/C53H46N4S/c1-50(2)38-16-8-7-15-36(38)37-28-29-52(5,32-41(37)50)49-55-47(54-48(56-49)34-27-30-53(6)40-18-10-9-17-39(40)51(3,4)46(53)31-34)33-23-25-35(26-24-33)57-42-19-11-13-21-44(42)58-45-22-14-12-20-43(45)57/h7-28,30-32,46H,29H2,1-6H3. The molecule has 0 fully saturated rings. The summed E-state index contributed by atoms with van der Waals surface area (Å²) in [6.45, 7) is 14.2. The molecular weight excluding hydrogens is 725 g/mol. The van der Waals surface area contributed by atoms with Crippen molar-refractivity contribution in [1.29, 1.82) is 0 Å². The van der Waals surface area contributed by atoms with E-state index in [-0.39, 0.29) is 22.2 Å². The average molecular weight is 771 g/mol. The highest BCUT2D eigenvalue weighted by atomic mass is 32.2. The van der Waals surface area contributed by atoms with E-state index in [1.165, 1.54) is 54.6 Å². The fourth-order valence-corrected chi connectivity index (χ4v) is 11.7. The topological polar surface area (TPSA) is 41.9 Å². The van der Waals surface area contributed by atoms with Crippen molar-refractivity contribution >= 4 is 40.0 Å². The molecule has 3 unspecified atom stereocenters. The summed E-state index contributed by atoms with van der Waals surface area (Å²) in [5.74, 6) is 2.48. The first-order valence-electron chi connectivity index (χ1n) is 20.5. The number of allylic oxidation sites excluding steroid dienone is 8. The smallest absolute Gasteiger partial charge is 0.163 e. The third kappa shape index (κ3) is 5.05. The molecule has 0 amide bonds. The van der Waals surface area contributed by atoms with Crippen LogP contribution in [0.25, 0.3) is 22.5 Å². The fourth-order valence-electron chi connectivity index (χ4n) is 10.7. The molecule has 0 saturated heterocycles. The number of hydrogen-bond acceptors (Lipinski definition) is 5. The molecule has 284 valence electrons. The largest absolute Gasteiger partial charge is 0.308 e. The maximum absolute atomic E-state index is 5.44. The van der Waals surface area contributed by atoms with Crippen molar-refractivity contribution in [1.82, 2.24) is 15.0 Å². The van der Waals surface area contributed by atoms with Crippen molar-refractivity contribution < 1.29 is 0 Å². The first kappa shape index (κ1) is 35.4. The molecule has 0 bridgehead atoms. The van der Waals surface area contributed by atoms with Crippen molar-refractivity contribution in [2.24, 2.45) is 5.92 Å². The minimum absolute atomic E-state index is 0.0515. The maximum atomic E-state index is 5.44. The zero-order valence-electron chi connectivity index (χ0n) is 33.9. The lowest BCUT2D eigenvalue weighted by Crippen LogP contribution is -2.34. The molecule has 4 aliphatic carbocycles. The van der Waals surface area contributed by atoms with Gasteiger partial charge in [0.25, 0.3) is 0 Å². The van der Waals surface area contributed by atoms with E-state index in [1.54, 1.807) is 0 Å². The molecule has 0 N–H and O–H groups in total. The van der Waals surface area contributed by atoms with E-state index in [2.05, 4.69) is 198 Å². The van der Waals surface area contributed by atoms with E-state index in [4.69, 9.17) is 15.0 Å². The summed E-state index contributed by atoms with van der Waals surface area (Å²) in [6.07, 6.45) is 12.8. The van der Waals surface area contributed by atoms with E-state index in [0.29, 0.717) is 5.82 Å². The summed E-state index contributed by atoms with van der Waals surface area (Å²) in [5.41, 5.74) is 13.1. The van der Waals surface area contributed by atoms with Crippen molar-refractivity contribution in [3.8, 4) is 11.4 Å². The lowest BCUT2D eigenvalue weighted by atomic mass is 9.66. The van der Waals surface area contributed by atoms with Crippen LogP contribution in [-0.2, 0) is 21.7 Å². The van der Waals surface area contributed by atoms with Gasteiger partial charge in [0.15, 0.2) is 11.6 Å². The van der Waals surface area contributed by atoms with Crippen LogP contribution in [0.15, 0.2) is 167 Å². The van der Waals surface area contributed by atoms with Gasteiger partial charge in [0.1, 0.15) is 5.82 Å². The molecule has 1 aromatic heterocycles. The van der Waals surface area contributed by atoms with Gasteiger partial charge in [-0.2, -0.15) is 0 Å². The molecular formula is C53H46N4S. The normalized spacial score (nSPS) is 24.0. The molecule has 5 heteroatoms. The van der Waals surface area contributed by atoms with Gasteiger partial charge < -0.3 is 4.90 Å². The first-order valence-corrected chi connectivity index (χ1v) is 21.4. The molecule has 5 aliphatic rings. The number of para-hydroxylation sites is 2. The monoisotopic (exact) mass is 770 g/mol. The summed E-state index contributed by atoms with van der Waals surface area (Å²) in [5, 5.41) is 0. The van der Waals surface area contributed by atoms with Gasteiger partial charge in [0, 0.05) is 42.9 Å². The van der Waals surface area contributed by atoms with Gasteiger partial charge in [0.2, 0.25) is 0 Å². The zero-order valence-corrected chi connectivity index (χ0v) is 34.7. The molecule has 4 nitrogen and oxygen atoms in total. The first-order chi connectivity index (χ1) is 28.0. The molecule has 11 rings (SSSR count). The number of aromatic nitrogens is 3. The number of anilines is 3. The molecule has 6 aromatic rings. The summed E-state index contributed by atoms with van der Waals surface area (Å²) < 4.78 is 0. The van der Waals surface area contributed by atoms with Gasteiger partial charge in [-0.15, -0.1) is 0 Å². The Bertz CT molecular complexity index is 2790. The van der Waals surface area contributed by atoms with Gasteiger partial charge in [-0.3, -0.25) is 0 Å². The summed E-state index contributed by atoms with van der Waals surface area (Å²) >= 11 is 1.83. The molecule has 2 heterocycles. The Balaban J connectivity index is 1.04. The van der Waals surface area contributed by atoms with Gasteiger partial charge in [-0.1, -0.05) is 150 Å². The Hall–Kier alpha value is -5.78. The fraction of sp³-hybridized carbons (Fsp3) is 0.226. The van der Waals surface area contributed by atoms with Gasteiger partial charge in [-0.25, -0.2) is 15.0 Å². The van der Waals surface area contributed by atoms with Crippen LogP contribution < -0.4 is 4.90 Å². The predicted molar refractivity (Wildman–Crippen MR) is 239 cm³/mol. The van der Waals surface area contributed by atoms with Crippen LogP contribution in [0.2, 0.25) is 0 Å². The highest BCUT2D eigenvalue weighted by Gasteiger charge is 2.52. The number of fused-ring (bicyclic) bond motifs is 8. The van der Waals surface area contributed by atoms with Gasteiger partial charge in [-0.05, 0) is 107 Å². The van der Waals surface area contributed by atoms with Crippen LogP contribution in [0, 0.1) is 5.92 Å². The second-order valence-electron chi connectivity index (χ2n) is 18.2. The molecule has 3 atom stereocenters. The molecule has 1 aliphatic heterocycles.